The number of carbonyl (C=O) groups is 1. The van der Waals surface area contributed by atoms with Crippen molar-refractivity contribution in [3.63, 3.8) is 0 Å². The van der Waals surface area contributed by atoms with Crippen molar-refractivity contribution in [2.45, 2.75) is 32.2 Å². The van der Waals surface area contributed by atoms with Gasteiger partial charge in [0.05, 0.1) is 19.6 Å². The summed E-state index contributed by atoms with van der Waals surface area (Å²) in [5.74, 6) is 0.796. The lowest BCUT2D eigenvalue weighted by Gasteiger charge is -2.09. The highest BCUT2D eigenvalue weighted by molar-refractivity contribution is 5.78. The van der Waals surface area contributed by atoms with Gasteiger partial charge in [-0.15, -0.1) is 0 Å². The largest absolute Gasteiger partial charge is 0.493 e. The van der Waals surface area contributed by atoms with Gasteiger partial charge in [-0.3, -0.25) is 4.79 Å². The molecule has 0 bridgehead atoms. The number of halogens is 3. The zero-order chi connectivity index (χ0) is 19.3. The summed E-state index contributed by atoms with van der Waals surface area (Å²) in [7, 11) is 0. The van der Waals surface area contributed by atoms with Gasteiger partial charge in [0, 0.05) is 13.0 Å². The Labute approximate surface area is 155 Å². The first-order valence-electron chi connectivity index (χ1n) is 8.63. The average Bonchev–Trinajstić information content (AvgIpc) is 3.08. The molecular formula is C20H20F3NO3. The van der Waals surface area contributed by atoms with Crippen LogP contribution >= 0.6 is 0 Å². The van der Waals surface area contributed by atoms with Crippen molar-refractivity contribution < 1.29 is 27.4 Å². The monoisotopic (exact) mass is 379 g/mol. The standard InChI is InChI=1S/C20H20F3NO3/c21-20(22,23)13-26-12-15-3-1-14(2-4-15)11-24-19(25)10-16-5-6-18-17(9-16)7-8-27-18/h1-6,9H,7-8,10-13H2,(H,24,25). The van der Waals surface area contributed by atoms with Crippen LogP contribution in [0.5, 0.6) is 5.75 Å². The van der Waals surface area contributed by atoms with Crippen LogP contribution in [0, 0.1) is 0 Å². The molecule has 0 unspecified atom stereocenters. The highest BCUT2D eigenvalue weighted by Crippen LogP contribution is 2.26. The summed E-state index contributed by atoms with van der Waals surface area (Å²) in [4.78, 5) is 12.1. The molecule has 0 aromatic heterocycles. The van der Waals surface area contributed by atoms with Crippen LogP contribution in [0.3, 0.4) is 0 Å². The molecule has 0 saturated carbocycles. The molecule has 1 N–H and O–H groups in total. The van der Waals surface area contributed by atoms with E-state index in [0.717, 1.165) is 28.9 Å². The number of alkyl halides is 3. The molecule has 7 heteroatoms. The van der Waals surface area contributed by atoms with E-state index in [2.05, 4.69) is 10.1 Å². The number of carbonyl (C=O) groups excluding carboxylic acids is 1. The van der Waals surface area contributed by atoms with Crippen molar-refractivity contribution in [2.24, 2.45) is 0 Å². The van der Waals surface area contributed by atoms with E-state index in [-0.39, 0.29) is 18.9 Å². The van der Waals surface area contributed by atoms with E-state index in [1.807, 2.05) is 18.2 Å². The average molecular weight is 379 g/mol. The second-order valence-electron chi connectivity index (χ2n) is 6.42. The third kappa shape index (κ3) is 5.99. The minimum atomic E-state index is -4.32. The molecule has 3 rings (SSSR count). The molecule has 1 amide bonds. The normalized spacial score (nSPS) is 13.1. The lowest BCUT2D eigenvalue weighted by atomic mass is 10.1. The smallest absolute Gasteiger partial charge is 0.411 e. The minimum Gasteiger partial charge on any atom is -0.493 e. The van der Waals surface area contributed by atoms with Crippen molar-refractivity contribution in [1.82, 2.24) is 5.32 Å². The minimum absolute atomic E-state index is 0.0912. The quantitative estimate of drug-likeness (QED) is 0.800. The summed E-state index contributed by atoms with van der Waals surface area (Å²) in [5.41, 5.74) is 3.58. The number of rotatable bonds is 7. The fourth-order valence-corrected chi connectivity index (χ4v) is 2.84. The zero-order valence-corrected chi connectivity index (χ0v) is 14.6. The molecule has 2 aromatic carbocycles. The zero-order valence-electron chi connectivity index (χ0n) is 14.6. The summed E-state index contributed by atoms with van der Waals surface area (Å²) in [6, 6.07) is 12.7. The van der Waals surface area contributed by atoms with Gasteiger partial charge in [0.15, 0.2) is 0 Å². The summed E-state index contributed by atoms with van der Waals surface area (Å²) >= 11 is 0. The molecule has 1 aliphatic heterocycles. The predicted molar refractivity (Wildman–Crippen MR) is 93.3 cm³/mol. The van der Waals surface area contributed by atoms with Gasteiger partial charge in [-0.1, -0.05) is 36.4 Å². The number of amides is 1. The van der Waals surface area contributed by atoms with E-state index in [1.165, 1.54) is 0 Å². The Morgan fingerprint density at radius 2 is 1.78 bits per heavy atom. The number of hydrogen-bond donors (Lipinski definition) is 1. The van der Waals surface area contributed by atoms with Crippen molar-refractivity contribution in [1.29, 1.82) is 0 Å². The van der Waals surface area contributed by atoms with E-state index < -0.39 is 12.8 Å². The fraction of sp³-hybridized carbons (Fsp3) is 0.350. The molecule has 27 heavy (non-hydrogen) atoms. The molecule has 0 aliphatic carbocycles. The molecule has 0 fully saturated rings. The lowest BCUT2D eigenvalue weighted by molar-refractivity contribution is -0.176. The van der Waals surface area contributed by atoms with Gasteiger partial charge in [-0.25, -0.2) is 0 Å². The van der Waals surface area contributed by atoms with Gasteiger partial charge >= 0.3 is 6.18 Å². The van der Waals surface area contributed by atoms with Crippen LogP contribution in [0.25, 0.3) is 0 Å². The van der Waals surface area contributed by atoms with Crippen LogP contribution in [-0.2, 0) is 35.5 Å². The second-order valence-corrected chi connectivity index (χ2v) is 6.42. The molecular weight excluding hydrogens is 359 g/mol. The van der Waals surface area contributed by atoms with Crippen molar-refractivity contribution in [3.8, 4) is 5.75 Å². The Kier molecular flexibility index (Phi) is 6.01. The number of benzene rings is 2. The molecule has 1 heterocycles. The van der Waals surface area contributed by atoms with Gasteiger partial charge in [-0.2, -0.15) is 13.2 Å². The Balaban J connectivity index is 1.43. The lowest BCUT2D eigenvalue weighted by Crippen LogP contribution is -2.24. The van der Waals surface area contributed by atoms with E-state index in [1.54, 1.807) is 24.3 Å². The maximum absolute atomic E-state index is 12.1. The van der Waals surface area contributed by atoms with Crippen LogP contribution in [-0.4, -0.2) is 25.3 Å². The van der Waals surface area contributed by atoms with Gasteiger partial charge in [0.25, 0.3) is 0 Å². The van der Waals surface area contributed by atoms with Gasteiger partial charge < -0.3 is 14.8 Å². The van der Waals surface area contributed by atoms with Gasteiger partial charge in [0.2, 0.25) is 5.91 Å². The van der Waals surface area contributed by atoms with Crippen LogP contribution in [0.2, 0.25) is 0 Å². The Bertz CT molecular complexity index is 788. The second kappa shape index (κ2) is 8.43. The Morgan fingerprint density at radius 3 is 2.52 bits per heavy atom. The Hall–Kier alpha value is -2.54. The van der Waals surface area contributed by atoms with E-state index in [0.29, 0.717) is 18.7 Å². The number of nitrogens with one attached hydrogen (secondary N) is 1. The number of fused-ring (bicyclic) bond motifs is 1. The SMILES string of the molecule is O=C(Cc1ccc2c(c1)CCO2)NCc1ccc(COCC(F)(F)F)cc1. The maximum Gasteiger partial charge on any atom is 0.411 e. The van der Waals surface area contributed by atoms with E-state index >= 15 is 0 Å². The molecule has 0 spiro atoms. The molecule has 0 radical (unpaired) electrons. The van der Waals surface area contributed by atoms with E-state index in [9.17, 15) is 18.0 Å². The Morgan fingerprint density at radius 1 is 1.07 bits per heavy atom. The highest BCUT2D eigenvalue weighted by Gasteiger charge is 2.27. The number of ether oxygens (including phenoxy) is 2. The first kappa shape index (κ1) is 19.2. The van der Waals surface area contributed by atoms with Crippen molar-refractivity contribution in [3.05, 3.63) is 64.7 Å². The summed E-state index contributed by atoms with van der Waals surface area (Å²) in [6.45, 7) is -0.327. The number of hydrogen-bond acceptors (Lipinski definition) is 3. The summed E-state index contributed by atoms with van der Waals surface area (Å²) < 4.78 is 46.2. The van der Waals surface area contributed by atoms with Crippen LogP contribution < -0.4 is 10.1 Å². The van der Waals surface area contributed by atoms with Crippen molar-refractivity contribution >= 4 is 5.91 Å². The third-order valence-electron chi connectivity index (χ3n) is 4.17. The summed E-state index contributed by atoms with van der Waals surface area (Å²) in [5, 5.41) is 2.85. The molecule has 4 nitrogen and oxygen atoms in total. The first-order chi connectivity index (χ1) is 12.9. The molecule has 1 aliphatic rings. The maximum atomic E-state index is 12.1. The fourth-order valence-electron chi connectivity index (χ4n) is 2.84. The van der Waals surface area contributed by atoms with Crippen LogP contribution in [0.4, 0.5) is 13.2 Å². The highest BCUT2D eigenvalue weighted by atomic mass is 19.4. The molecule has 0 atom stereocenters. The van der Waals surface area contributed by atoms with Crippen LogP contribution in [0.1, 0.15) is 22.3 Å². The van der Waals surface area contributed by atoms with Crippen molar-refractivity contribution in [2.75, 3.05) is 13.2 Å². The first-order valence-corrected chi connectivity index (χ1v) is 8.63. The molecule has 2 aromatic rings. The van der Waals surface area contributed by atoms with Gasteiger partial charge in [-0.05, 0) is 28.3 Å². The molecule has 0 saturated heterocycles. The van der Waals surface area contributed by atoms with E-state index in [4.69, 9.17) is 4.74 Å². The topological polar surface area (TPSA) is 47.6 Å². The third-order valence-corrected chi connectivity index (χ3v) is 4.17. The molecule has 144 valence electrons. The van der Waals surface area contributed by atoms with Gasteiger partial charge in [0.1, 0.15) is 12.4 Å². The predicted octanol–water partition coefficient (Wildman–Crippen LogP) is 3.56. The summed E-state index contributed by atoms with van der Waals surface area (Å²) in [6.07, 6.45) is -3.17. The van der Waals surface area contributed by atoms with Crippen LogP contribution in [0.15, 0.2) is 42.5 Å².